The number of nitrogens with one attached hydrogen (secondary N) is 1. The van der Waals surface area contributed by atoms with Gasteiger partial charge in [0.05, 0.1) is 17.7 Å². The van der Waals surface area contributed by atoms with Crippen LogP contribution in [0, 0.1) is 23.7 Å². The number of carboxylic acids is 1. The molecule has 1 aliphatic carbocycles. The van der Waals surface area contributed by atoms with Crippen LogP contribution in [0.25, 0.3) is 0 Å². The van der Waals surface area contributed by atoms with Gasteiger partial charge >= 0.3 is 12.1 Å². The molecule has 0 aromatic heterocycles. The van der Waals surface area contributed by atoms with Gasteiger partial charge in [0.2, 0.25) is 0 Å². The standard InChI is InChI=1S/C35H44ClF4NO4/c1-5-7-26(12-13-30(32(42)43)31(37)6-2)22(3)8-9-23(4)27-14-15-34(45-21-27,19-24-10-11-24)33(44)41-20-25-16-28(35(38,39)40)18-29(36)17-25/h6,12-13,16-18,22,24,26-27H,2,4-5,7-11,14-15,19-21H2,1,3H3,(H,41,44)(H,42,43)/b13-12+,31-30-/t22?,26?,27-,34+/m1/s1. The van der Waals surface area contributed by atoms with E-state index in [0.717, 1.165) is 62.3 Å². The van der Waals surface area contributed by atoms with Gasteiger partial charge in [-0.05, 0) is 92.2 Å². The van der Waals surface area contributed by atoms with Gasteiger partial charge in [-0.15, -0.1) is 0 Å². The minimum atomic E-state index is -4.54. The third-order valence-corrected chi connectivity index (χ3v) is 9.17. The van der Waals surface area contributed by atoms with Crippen molar-refractivity contribution in [2.75, 3.05) is 6.61 Å². The first-order chi connectivity index (χ1) is 21.2. The Morgan fingerprint density at radius 3 is 2.49 bits per heavy atom. The second-order valence-corrected chi connectivity index (χ2v) is 12.9. The van der Waals surface area contributed by atoms with Crippen LogP contribution in [0.4, 0.5) is 17.6 Å². The number of allylic oxidation sites excluding steroid dienone is 3. The predicted molar refractivity (Wildman–Crippen MR) is 168 cm³/mol. The van der Waals surface area contributed by atoms with Gasteiger partial charge in [0.25, 0.3) is 5.91 Å². The molecule has 2 unspecified atom stereocenters. The summed E-state index contributed by atoms with van der Waals surface area (Å²) >= 11 is 5.92. The number of carboxylic acid groups (broad SMARTS) is 1. The number of benzene rings is 1. The predicted octanol–water partition coefficient (Wildman–Crippen LogP) is 9.38. The molecule has 2 fully saturated rings. The molecular weight excluding hydrogens is 610 g/mol. The highest BCUT2D eigenvalue weighted by atomic mass is 35.5. The number of carbonyl (C=O) groups is 2. The van der Waals surface area contributed by atoms with Crippen LogP contribution in [-0.2, 0) is 27.0 Å². The highest BCUT2D eigenvalue weighted by Gasteiger charge is 2.47. The molecule has 1 heterocycles. The van der Waals surface area contributed by atoms with E-state index in [1.807, 2.05) is 6.92 Å². The molecule has 1 amide bonds. The smallest absolute Gasteiger partial charge is 0.416 e. The van der Waals surface area contributed by atoms with Crippen molar-refractivity contribution in [1.82, 2.24) is 5.32 Å². The van der Waals surface area contributed by atoms with Crippen LogP contribution in [-0.4, -0.2) is 29.2 Å². The summed E-state index contributed by atoms with van der Waals surface area (Å²) in [5, 5.41) is 12.1. The number of carbonyl (C=O) groups excluding carboxylic acids is 1. The Bertz CT molecular complexity index is 1290. The molecule has 1 aliphatic heterocycles. The number of alkyl halides is 3. The second kappa shape index (κ2) is 16.1. The van der Waals surface area contributed by atoms with E-state index in [1.54, 1.807) is 6.08 Å². The van der Waals surface area contributed by atoms with Gasteiger partial charge in [0.1, 0.15) is 11.4 Å². The minimum Gasteiger partial charge on any atom is -0.478 e. The van der Waals surface area contributed by atoms with E-state index in [0.29, 0.717) is 31.8 Å². The lowest BCUT2D eigenvalue weighted by atomic mass is 9.79. The van der Waals surface area contributed by atoms with Crippen molar-refractivity contribution in [2.24, 2.45) is 23.7 Å². The first-order valence-electron chi connectivity index (χ1n) is 15.6. The molecule has 10 heteroatoms. The molecule has 1 aromatic rings. The van der Waals surface area contributed by atoms with Crippen LogP contribution < -0.4 is 5.32 Å². The van der Waals surface area contributed by atoms with E-state index < -0.39 is 34.7 Å². The molecule has 248 valence electrons. The zero-order valence-electron chi connectivity index (χ0n) is 26.0. The van der Waals surface area contributed by atoms with Gasteiger partial charge in [0.15, 0.2) is 0 Å². The number of amides is 1. The average molecular weight is 654 g/mol. The van der Waals surface area contributed by atoms with Crippen molar-refractivity contribution in [1.29, 1.82) is 0 Å². The molecule has 2 N–H and O–H groups in total. The van der Waals surface area contributed by atoms with Gasteiger partial charge in [-0.25, -0.2) is 9.18 Å². The summed E-state index contributed by atoms with van der Waals surface area (Å²) in [5.74, 6) is -1.85. The molecule has 0 spiro atoms. The van der Waals surface area contributed by atoms with E-state index in [-0.39, 0.29) is 40.8 Å². The highest BCUT2D eigenvalue weighted by molar-refractivity contribution is 6.30. The topological polar surface area (TPSA) is 75.6 Å². The largest absolute Gasteiger partial charge is 0.478 e. The van der Waals surface area contributed by atoms with Gasteiger partial charge in [-0.2, -0.15) is 13.2 Å². The lowest BCUT2D eigenvalue weighted by Gasteiger charge is -2.40. The quantitative estimate of drug-likeness (QED) is 0.0807. The van der Waals surface area contributed by atoms with Crippen LogP contribution in [0.1, 0.15) is 82.8 Å². The van der Waals surface area contributed by atoms with Crippen LogP contribution in [0.3, 0.4) is 0 Å². The third kappa shape index (κ3) is 10.6. The summed E-state index contributed by atoms with van der Waals surface area (Å²) in [6.07, 6.45) is 6.48. The molecule has 45 heavy (non-hydrogen) atoms. The third-order valence-electron chi connectivity index (χ3n) is 8.95. The van der Waals surface area contributed by atoms with E-state index in [2.05, 4.69) is 25.4 Å². The summed E-state index contributed by atoms with van der Waals surface area (Å²) in [6, 6.07) is 3.26. The molecule has 2 aliphatic rings. The number of hydrogen-bond acceptors (Lipinski definition) is 3. The summed E-state index contributed by atoms with van der Waals surface area (Å²) in [5.41, 5.74) is -1.04. The summed E-state index contributed by atoms with van der Waals surface area (Å²) < 4.78 is 60.0. The molecule has 0 radical (unpaired) electrons. The minimum absolute atomic E-state index is 0.0492. The van der Waals surface area contributed by atoms with Gasteiger partial charge < -0.3 is 15.2 Å². The molecule has 1 saturated heterocycles. The molecule has 1 aromatic carbocycles. The van der Waals surface area contributed by atoms with Gasteiger partial charge in [-0.1, -0.05) is 69.5 Å². The van der Waals surface area contributed by atoms with Crippen LogP contribution in [0.2, 0.25) is 5.02 Å². The Morgan fingerprint density at radius 2 is 1.93 bits per heavy atom. The first-order valence-corrected chi connectivity index (χ1v) is 16.0. The number of aliphatic carboxylic acids is 1. The molecular formula is C35H44ClF4NO4. The maximum atomic E-state index is 13.9. The monoisotopic (exact) mass is 653 g/mol. The average Bonchev–Trinajstić information content (AvgIpc) is 3.81. The molecule has 4 atom stereocenters. The summed E-state index contributed by atoms with van der Waals surface area (Å²) in [6.45, 7) is 12.0. The van der Waals surface area contributed by atoms with Crippen molar-refractivity contribution < 1.29 is 37.0 Å². The fourth-order valence-corrected chi connectivity index (χ4v) is 6.20. The SMILES string of the molecule is C=C/C(F)=C(\C=C\C(CCC)C(C)CCC(=C)[C@@H]1CC[C@](CC2CC2)(C(=O)NCc2cc(Cl)cc(C(F)(F)F)c2)OC1)C(=O)O. The van der Waals surface area contributed by atoms with Gasteiger partial charge in [-0.3, -0.25) is 4.79 Å². The molecule has 1 saturated carbocycles. The van der Waals surface area contributed by atoms with Crippen LogP contribution in [0.5, 0.6) is 0 Å². The van der Waals surface area contributed by atoms with E-state index in [4.69, 9.17) is 16.3 Å². The maximum Gasteiger partial charge on any atom is 0.416 e. The fourth-order valence-electron chi connectivity index (χ4n) is 5.94. The zero-order chi connectivity index (χ0) is 33.4. The summed E-state index contributed by atoms with van der Waals surface area (Å²) in [7, 11) is 0. The Hall–Kier alpha value is -2.91. The number of rotatable bonds is 16. The van der Waals surface area contributed by atoms with E-state index >= 15 is 0 Å². The Balaban J connectivity index is 1.59. The van der Waals surface area contributed by atoms with Crippen molar-refractivity contribution in [3.05, 3.63) is 82.7 Å². The van der Waals surface area contributed by atoms with E-state index in [1.165, 1.54) is 12.1 Å². The van der Waals surface area contributed by atoms with Crippen LogP contribution in [0.15, 0.2) is 66.6 Å². The number of halogens is 5. The lowest BCUT2D eigenvalue weighted by Crippen LogP contribution is -2.52. The lowest BCUT2D eigenvalue weighted by molar-refractivity contribution is -0.159. The second-order valence-electron chi connectivity index (χ2n) is 12.5. The maximum absolute atomic E-state index is 13.9. The Labute approximate surface area is 268 Å². The Morgan fingerprint density at radius 1 is 1.22 bits per heavy atom. The van der Waals surface area contributed by atoms with Crippen molar-refractivity contribution in [3.8, 4) is 0 Å². The highest BCUT2D eigenvalue weighted by Crippen LogP contribution is 2.44. The van der Waals surface area contributed by atoms with Crippen LogP contribution >= 0.6 is 11.6 Å². The van der Waals surface area contributed by atoms with Gasteiger partial charge in [0, 0.05) is 17.5 Å². The zero-order valence-corrected chi connectivity index (χ0v) is 26.8. The first kappa shape index (κ1) is 36.6. The number of hydrogen-bond donors (Lipinski definition) is 2. The van der Waals surface area contributed by atoms with Crippen molar-refractivity contribution >= 4 is 23.5 Å². The normalized spacial score (nSPS) is 22.4. The fraction of sp³-hybridized carbons (Fsp3) is 0.543. The molecule has 5 nitrogen and oxygen atoms in total. The molecule has 3 rings (SSSR count). The summed E-state index contributed by atoms with van der Waals surface area (Å²) in [4.78, 5) is 24.9. The van der Waals surface area contributed by atoms with E-state index in [9.17, 15) is 32.3 Å². The number of ether oxygens (including phenoxy) is 1. The van der Waals surface area contributed by atoms with Crippen molar-refractivity contribution in [2.45, 2.75) is 90.0 Å². The van der Waals surface area contributed by atoms with Crippen molar-refractivity contribution in [3.63, 3.8) is 0 Å². The molecule has 0 bridgehead atoms. The Kier molecular flexibility index (Phi) is 13.1.